The van der Waals surface area contributed by atoms with E-state index in [1.165, 1.54) is 80.8 Å². The van der Waals surface area contributed by atoms with Crippen LogP contribution in [0.4, 0.5) is 0 Å². The van der Waals surface area contributed by atoms with Crippen molar-refractivity contribution in [3.63, 3.8) is 0 Å². The van der Waals surface area contributed by atoms with Gasteiger partial charge in [0.15, 0.2) is 0 Å². The average Bonchev–Trinajstić information content (AvgIpc) is 3.46. The molecular formula is C34H38OS. The largest absolute Gasteiger partial charge is 0.494 e. The van der Waals surface area contributed by atoms with E-state index in [9.17, 15) is 0 Å². The summed E-state index contributed by atoms with van der Waals surface area (Å²) >= 11 is 1.87. The fraction of sp³-hybridized carbons (Fsp3) is 0.353. The van der Waals surface area contributed by atoms with Gasteiger partial charge in [-0.1, -0.05) is 88.8 Å². The molecular weight excluding hydrogens is 456 g/mol. The Morgan fingerprint density at radius 2 is 1.28 bits per heavy atom. The summed E-state index contributed by atoms with van der Waals surface area (Å²) in [4.78, 5) is 2.62. The molecule has 1 heterocycles. The highest BCUT2D eigenvalue weighted by Gasteiger charge is 2.35. The fourth-order valence-corrected chi connectivity index (χ4v) is 6.45. The van der Waals surface area contributed by atoms with Crippen LogP contribution in [0.2, 0.25) is 0 Å². The van der Waals surface area contributed by atoms with Gasteiger partial charge in [-0.3, -0.25) is 0 Å². The van der Waals surface area contributed by atoms with Crippen LogP contribution >= 0.6 is 11.3 Å². The zero-order valence-corrected chi connectivity index (χ0v) is 23.0. The van der Waals surface area contributed by atoms with E-state index in [0.29, 0.717) is 0 Å². The van der Waals surface area contributed by atoms with Crippen molar-refractivity contribution in [3.8, 4) is 37.8 Å². The first-order valence-corrected chi connectivity index (χ1v) is 14.4. The highest BCUT2D eigenvalue weighted by Crippen LogP contribution is 2.50. The van der Waals surface area contributed by atoms with Gasteiger partial charge in [0.1, 0.15) is 5.75 Å². The zero-order chi connectivity index (χ0) is 25.1. The molecule has 4 aromatic rings. The van der Waals surface area contributed by atoms with E-state index < -0.39 is 0 Å². The van der Waals surface area contributed by atoms with Crippen molar-refractivity contribution in [3.05, 3.63) is 89.5 Å². The zero-order valence-electron chi connectivity index (χ0n) is 22.2. The summed E-state index contributed by atoms with van der Waals surface area (Å²) in [5, 5.41) is 0. The maximum absolute atomic E-state index is 5.98. The fourth-order valence-electron chi connectivity index (χ4n) is 5.44. The maximum atomic E-state index is 5.98. The van der Waals surface area contributed by atoms with Crippen molar-refractivity contribution in [2.24, 2.45) is 0 Å². The summed E-state index contributed by atoms with van der Waals surface area (Å²) in [5.74, 6) is 0.972. The first-order chi connectivity index (χ1) is 17.5. The van der Waals surface area contributed by atoms with Gasteiger partial charge in [-0.05, 0) is 89.2 Å². The molecule has 0 atom stereocenters. The second-order valence-corrected chi connectivity index (χ2v) is 11.8. The van der Waals surface area contributed by atoms with E-state index in [1.807, 2.05) is 11.3 Å². The number of hydrogen-bond donors (Lipinski definition) is 0. The Morgan fingerprint density at radius 1 is 0.667 bits per heavy atom. The lowest BCUT2D eigenvalue weighted by atomic mass is 9.81. The number of rotatable bonds is 10. The van der Waals surface area contributed by atoms with Crippen LogP contribution in [-0.2, 0) is 5.41 Å². The lowest BCUT2D eigenvalue weighted by Crippen LogP contribution is -2.15. The lowest BCUT2D eigenvalue weighted by molar-refractivity contribution is 0.304. The lowest BCUT2D eigenvalue weighted by Gasteiger charge is -2.22. The third kappa shape index (κ3) is 5.02. The Balaban J connectivity index is 1.26. The molecule has 36 heavy (non-hydrogen) atoms. The molecule has 1 nitrogen and oxygen atoms in total. The molecule has 0 saturated carbocycles. The standard InChI is InChI=1S/C34H38OS/c1-5-6-7-8-9-10-21-35-27-15-12-25(13-16-27)32-19-20-33(36-32)26-14-18-29-28-17-11-24(2)22-30(28)34(3,4)31(29)23-26/h11-20,22-23H,5-10,21H2,1-4H3. The second kappa shape index (κ2) is 10.6. The molecule has 0 saturated heterocycles. The summed E-state index contributed by atoms with van der Waals surface area (Å²) in [6.45, 7) is 9.98. The summed E-state index contributed by atoms with van der Waals surface area (Å²) < 4.78 is 5.98. The SMILES string of the molecule is CCCCCCCCOc1ccc(-c2ccc(-c3ccc4c(c3)C(C)(C)c3cc(C)ccc3-4)s2)cc1. The molecule has 2 heteroatoms. The van der Waals surface area contributed by atoms with Gasteiger partial charge < -0.3 is 4.74 Å². The predicted molar refractivity (Wildman–Crippen MR) is 156 cm³/mol. The van der Waals surface area contributed by atoms with E-state index in [4.69, 9.17) is 4.74 Å². The van der Waals surface area contributed by atoms with E-state index in [-0.39, 0.29) is 5.41 Å². The molecule has 0 N–H and O–H groups in total. The Morgan fingerprint density at radius 3 is 2.03 bits per heavy atom. The van der Waals surface area contributed by atoms with Crippen molar-refractivity contribution in [2.75, 3.05) is 6.61 Å². The number of thiophene rings is 1. The minimum absolute atomic E-state index is 0.0259. The first kappa shape index (κ1) is 24.8. The van der Waals surface area contributed by atoms with Gasteiger partial charge in [0.05, 0.1) is 6.61 Å². The number of benzene rings is 3. The van der Waals surface area contributed by atoms with Gasteiger partial charge in [0.25, 0.3) is 0 Å². The Kier molecular flexibility index (Phi) is 7.34. The number of ether oxygens (including phenoxy) is 1. The molecule has 0 fully saturated rings. The van der Waals surface area contributed by atoms with Crippen molar-refractivity contribution in [1.29, 1.82) is 0 Å². The minimum atomic E-state index is 0.0259. The van der Waals surface area contributed by atoms with Crippen molar-refractivity contribution in [2.45, 2.75) is 71.6 Å². The molecule has 0 spiro atoms. The van der Waals surface area contributed by atoms with Crippen LogP contribution in [0.1, 0.15) is 76.0 Å². The minimum Gasteiger partial charge on any atom is -0.494 e. The second-order valence-electron chi connectivity index (χ2n) is 10.7. The number of unbranched alkanes of at least 4 members (excludes halogenated alkanes) is 5. The van der Waals surface area contributed by atoms with Gasteiger partial charge in [-0.25, -0.2) is 0 Å². The molecule has 1 aromatic heterocycles. The van der Waals surface area contributed by atoms with Crippen molar-refractivity contribution < 1.29 is 4.74 Å². The molecule has 186 valence electrons. The third-order valence-corrected chi connectivity index (χ3v) is 8.81. The van der Waals surface area contributed by atoms with Gasteiger partial charge in [0, 0.05) is 15.2 Å². The Labute approximate surface area is 221 Å². The summed E-state index contributed by atoms with van der Waals surface area (Å²) in [6, 6.07) is 27.0. The quantitative estimate of drug-likeness (QED) is 0.199. The first-order valence-electron chi connectivity index (χ1n) is 13.6. The molecule has 0 unspecified atom stereocenters. The van der Waals surface area contributed by atoms with Crippen molar-refractivity contribution >= 4 is 11.3 Å². The molecule has 1 aliphatic rings. The highest BCUT2D eigenvalue weighted by atomic mass is 32.1. The van der Waals surface area contributed by atoms with E-state index in [1.54, 1.807) is 0 Å². The topological polar surface area (TPSA) is 9.23 Å². The number of hydrogen-bond acceptors (Lipinski definition) is 2. The highest BCUT2D eigenvalue weighted by molar-refractivity contribution is 7.18. The summed E-state index contributed by atoms with van der Waals surface area (Å²) in [5.41, 5.74) is 9.56. The summed E-state index contributed by atoms with van der Waals surface area (Å²) in [6.07, 6.45) is 7.74. The van der Waals surface area contributed by atoms with E-state index >= 15 is 0 Å². The van der Waals surface area contributed by atoms with Crippen LogP contribution < -0.4 is 4.74 Å². The maximum Gasteiger partial charge on any atom is 0.119 e. The molecule has 1 aliphatic carbocycles. The normalized spacial score (nSPS) is 13.4. The van der Waals surface area contributed by atoms with Gasteiger partial charge in [-0.2, -0.15) is 0 Å². The Bertz CT molecular complexity index is 1330. The molecule has 0 radical (unpaired) electrons. The van der Waals surface area contributed by atoms with Gasteiger partial charge >= 0.3 is 0 Å². The van der Waals surface area contributed by atoms with Crippen LogP contribution in [0.3, 0.4) is 0 Å². The predicted octanol–water partition coefficient (Wildman–Crippen LogP) is 10.4. The molecule has 0 amide bonds. The third-order valence-electron chi connectivity index (χ3n) is 7.63. The average molecular weight is 495 g/mol. The molecule has 3 aromatic carbocycles. The number of fused-ring (bicyclic) bond motifs is 3. The van der Waals surface area contributed by atoms with Crippen molar-refractivity contribution in [1.82, 2.24) is 0 Å². The van der Waals surface area contributed by atoms with Gasteiger partial charge in [-0.15, -0.1) is 11.3 Å². The summed E-state index contributed by atoms with van der Waals surface area (Å²) in [7, 11) is 0. The van der Waals surface area contributed by atoms with Gasteiger partial charge in [0.2, 0.25) is 0 Å². The number of aryl methyl sites for hydroxylation is 1. The monoisotopic (exact) mass is 494 g/mol. The molecule has 0 bridgehead atoms. The van der Waals surface area contributed by atoms with E-state index in [0.717, 1.165) is 18.8 Å². The van der Waals surface area contributed by atoms with Crippen LogP contribution in [0, 0.1) is 6.92 Å². The molecule has 5 rings (SSSR count). The van der Waals surface area contributed by atoms with Crippen LogP contribution in [0.15, 0.2) is 72.8 Å². The smallest absolute Gasteiger partial charge is 0.119 e. The molecule has 0 aliphatic heterocycles. The van der Waals surface area contributed by atoms with Crippen LogP contribution in [0.25, 0.3) is 32.0 Å². The van der Waals surface area contributed by atoms with E-state index in [2.05, 4.69) is 100 Å². The van der Waals surface area contributed by atoms with Crippen LogP contribution in [-0.4, -0.2) is 6.61 Å². The van der Waals surface area contributed by atoms with Crippen LogP contribution in [0.5, 0.6) is 5.75 Å². The Hall–Kier alpha value is -2.84.